The Morgan fingerprint density at radius 1 is 1.17 bits per heavy atom. The number of piperidine rings is 1. The summed E-state index contributed by atoms with van der Waals surface area (Å²) in [7, 11) is 0. The molecule has 1 aliphatic heterocycles. The van der Waals surface area contributed by atoms with Crippen LogP contribution in [0.1, 0.15) is 57.9 Å². The second kappa shape index (κ2) is 8.56. The van der Waals surface area contributed by atoms with Gasteiger partial charge in [-0.15, -0.1) is 11.3 Å². The Morgan fingerprint density at radius 3 is 2.55 bits per heavy atom. The first-order valence-corrected chi connectivity index (χ1v) is 11.1. The van der Waals surface area contributed by atoms with Crippen LogP contribution in [0.5, 0.6) is 0 Å². The minimum absolute atomic E-state index is 0.139. The van der Waals surface area contributed by atoms with E-state index in [0.717, 1.165) is 24.0 Å². The maximum Gasteiger partial charge on any atom is 0.291 e. The molecule has 1 atom stereocenters. The molecule has 29 heavy (non-hydrogen) atoms. The average Bonchev–Trinajstić information content (AvgIpc) is 3.35. The molecule has 152 valence electrons. The van der Waals surface area contributed by atoms with Gasteiger partial charge in [0.15, 0.2) is 5.76 Å². The van der Waals surface area contributed by atoms with Crippen molar-refractivity contribution in [3.63, 3.8) is 0 Å². The van der Waals surface area contributed by atoms with Crippen molar-refractivity contribution in [2.75, 3.05) is 18.4 Å². The highest BCUT2D eigenvalue weighted by molar-refractivity contribution is 7.16. The summed E-state index contributed by atoms with van der Waals surface area (Å²) < 4.78 is 5.28. The van der Waals surface area contributed by atoms with Crippen molar-refractivity contribution in [3.05, 3.63) is 76.1 Å². The number of amides is 1. The SMILES string of the molecule is Cc1ccc([C@H](c2cc(C)sc2NC(=O)c2ccco2)N2CCC(C)CC2)cc1. The van der Waals surface area contributed by atoms with Crippen molar-refractivity contribution in [1.82, 2.24) is 4.90 Å². The highest BCUT2D eigenvalue weighted by Gasteiger charge is 2.29. The van der Waals surface area contributed by atoms with Crippen LogP contribution < -0.4 is 5.32 Å². The van der Waals surface area contributed by atoms with Crippen LogP contribution in [0.4, 0.5) is 5.00 Å². The second-order valence-corrected chi connectivity index (χ2v) is 9.36. The first-order valence-electron chi connectivity index (χ1n) is 10.3. The summed E-state index contributed by atoms with van der Waals surface area (Å²) in [5.41, 5.74) is 3.70. The van der Waals surface area contributed by atoms with Gasteiger partial charge in [0, 0.05) is 10.4 Å². The van der Waals surface area contributed by atoms with E-state index in [2.05, 4.69) is 61.3 Å². The Bertz CT molecular complexity index is 951. The smallest absolute Gasteiger partial charge is 0.291 e. The first-order chi connectivity index (χ1) is 14.0. The van der Waals surface area contributed by atoms with Gasteiger partial charge in [-0.25, -0.2) is 0 Å². The van der Waals surface area contributed by atoms with Crippen LogP contribution in [0.3, 0.4) is 0 Å². The number of hydrogen-bond donors (Lipinski definition) is 1. The van der Waals surface area contributed by atoms with Crippen LogP contribution in [0, 0.1) is 19.8 Å². The van der Waals surface area contributed by atoms with E-state index in [1.54, 1.807) is 23.5 Å². The first kappa shape index (κ1) is 19.9. The lowest BCUT2D eigenvalue weighted by molar-refractivity contribution is 0.0996. The molecule has 1 amide bonds. The zero-order valence-corrected chi connectivity index (χ0v) is 18.1. The predicted molar refractivity (Wildman–Crippen MR) is 119 cm³/mol. The van der Waals surface area contributed by atoms with Gasteiger partial charge in [-0.1, -0.05) is 36.8 Å². The maximum absolute atomic E-state index is 12.6. The summed E-state index contributed by atoms with van der Waals surface area (Å²) >= 11 is 1.63. The molecule has 1 aliphatic rings. The molecule has 0 bridgehead atoms. The Labute approximate surface area is 176 Å². The molecule has 0 radical (unpaired) electrons. The van der Waals surface area contributed by atoms with E-state index in [1.807, 2.05) is 0 Å². The van der Waals surface area contributed by atoms with Gasteiger partial charge in [0.1, 0.15) is 5.00 Å². The number of nitrogens with zero attached hydrogens (tertiary/aromatic N) is 1. The molecule has 4 rings (SSSR count). The number of thiophene rings is 1. The van der Waals surface area contributed by atoms with Crippen molar-refractivity contribution in [1.29, 1.82) is 0 Å². The van der Waals surface area contributed by atoms with Gasteiger partial charge in [-0.3, -0.25) is 9.69 Å². The van der Waals surface area contributed by atoms with Crippen molar-refractivity contribution < 1.29 is 9.21 Å². The van der Waals surface area contributed by atoms with Gasteiger partial charge in [0.25, 0.3) is 5.91 Å². The topological polar surface area (TPSA) is 45.5 Å². The molecule has 4 nitrogen and oxygen atoms in total. The molecule has 0 unspecified atom stereocenters. The molecule has 1 saturated heterocycles. The molecule has 0 aliphatic carbocycles. The number of anilines is 1. The third-order valence-corrected chi connectivity index (χ3v) is 6.71. The largest absolute Gasteiger partial charge is 0.459 e. The van der Waals surface area contributed by atoms with Crippen LogP contribution in [-0.4, -0.2) is 23.9 Å². The number of furan rings is 1. The monoisotopic (exact) mass is 408 g/mol. The van der Waals surface area contributed by atoms with Crippen molar-refractivity contribution in [2.45, 2.75) is 39.7 Å². The van der Waals surface area contributed by atoms with Crippen molar-refractivity contribution in [3.8, 4) is 0 Å². The van der Waals surface area contributed by atoms with E-state index in [4.69, 9.17) is 4.42 Å². The standard InChI is InChI=1S/C24H28N2O2S/c1-16-6-8-19(9-7-16)22(26-12-10-17(2)11-13-26)20-15-18(3)29-24(20)25-23(27)21-5-4-14-28-21/h4-9,14-15,17,22H,10-13H2,1-3H3,(H,25,27)/t22-/m1/s1. The zero-order valence-electron chi connectivity index (χ0n) is 17.3. The van der Waals surface area contributed by atoms with Crippen LogP contribution >= 0.6 is 11.3 Å². The number of aryl methyl sites for hydroxylation is 2. The molecule has 3 aromatic rings. The second-order valence-electron chi connectivity index (χ2n) is 8.10. The Kier molecular flexibility index (Phi) is 5.88. The molecule has 0 spiro atoms. The number of carbonyl (C=O) groups is 1. The van der Waals surface area contributed by atoms with Gasteiger partial charge in [0.05, 0.1) is 12.3 Å². The fourth-order valence-corrected chi connectivity index (χ4v) is 4.97. The summed E-state index contributed by atoms with van der Waals surface area (Å²) in [4.78, 5) is 16.4. The van der Waals surface area contributed by atoms with Crippen molar-refractivity contribution in [2.24, 2.45) is 5.92 Å². The molecule has 1 fully saturated rings. The zero-order chi connectivity index (χ0) is 20.4. The summed E-state index contributed by atoms with van der Waals surface area (Å²) in [6.45, 7) is 8.69. The van der Waals surface area contributed by atoms with Gasteiger partial charge in [0.2, 0.25) is 0 Å². The molecule has 3 heterocycles. The van der Waals surface area contributed by atoms with Crippen LogP contribution in [0.25, 0.3) is 0 Å². The van der Waals surface area contributed by atoms with Gasteiger partial charge in [-0.2, -0.15) is 0 Å². The van der Waals surface area contributed by atoms with Crippen LogP contribution in [0.2, 0.25) is 0 Å². The minimum atomic E-state index is -0.201. The van der Waals surface area contributed by atoms with E-state index >= 15 is 0 Å². The molecule has 0 saturated carbocycles. The maximum atomic E-state index is 12.6. The van der Waals surface area contributed by atoms with Gasteiger partial charge in [-0.05, 0) is 69.5 Å². The van der Waals surface area contributed by atoms with E-state index in [9.17, 15) is 4.79 Å². The van der Waals surface area contributed by atoms with E-state index in [1.165, 1.54) is 40.7 Å². The highest BCUT2D eigenvalue weighted by atomic mass is 32.1. The number of carbonyl (C=O) groups excluding carboxylic acids is 1. The summed E-state index contributed by atoms with van der Waals surface area (Å²) in [6, 6.07) is 14.6. The Hall–Kier alpha value is -2.37. The fourth-order valence-electron chi connectivity index (χ4n) is 4.03. The highest BCUT2D eigenvalue weighted by Crippen LogP contribution is 2.40. The summed E-state index contributed by atoms with van der Waals surface area (Å²) in [5.74, 6) is 0.904. The Balaban J connectivity index is 1.70. The number of likely N-dealkylation sites (tertiary alicyclic amines) is 1. The number of hydrogen-bond acceptors (Lipinski definition) is 4. The Morgan fingerprint density at radius 2 is 1.90 bits per heavy atom. The van der Waals surface area contributed by atoms with Gasteiger partial charge < -0.3 is 9.73 Å². The average molecular weight is 409 g/mol. The molecule has 1 N–H and O–H groups in total. The van der Waals surface area contributed by atoms with E-state index in [-0.39, 0.29) is 11.9 Å². The quantitative estimate of drug-likeness (QED) is 0.560. The van der Waals surface area contributed by atoms with Crippen LogP contribution in [-0.2, 0) is 0 Å². The van der Waals surface area contributed by atoms with Crippen LogP contribution in [0.15, 0.2) is 53.1 Å². The molecular formula is C24H28N2O2S. The van der Waals surface area contributed by atoms with Crippen molar-refractivity contribution >= 4 is 22.2 Å². The minimum Gasteiger partial charge on any atom is -0.459 e. The number of rotatable bonds is 5. The number of nitrogens with one attached hydrogen (secondary N) is 1. The molecule has 5 heteroatoms. The third kappa shape index (κ3) is 4.46. The summed E-state index contributed by atoms with van der Waals surface area (Å²) in [6.07, 6.45) is 3.94. The lowest BCUT2D eigenvalue weighted by Gasteiger charge is -2.37. The molecule has 1 aromatic carbocycles. The normalized spacial score (nSPS) is 16.7. The lowest BCUT2D eigenvalue weighted by atomic mass is 9.92. The van der Waals surface area contributed by atoms with Gasteiger partial charge >= 0.3 is 0 Å². The number of benzene rings is 1. The third-order valence-electron chi connectivity index (χ3n) is 5.73. The molecule has 2 aromatic heterocycles. The lowest BCUT2D eigenvalue weighted by Crippen LogP contribution is -2.37. The van der Waals surface area contributed by atoms with E-state index < -0.39 is 0 Å². The predicted octanol–water partition coefficient (Wildman–Crippen LogP) is 6.03. The fraction of sp³-hybridized carbons (Fsp3) is 0.375. The molecular weight excluding hydrogens is 380 g/mol. The summed E-state index contributed by atoms with van der Waals surface area (Å²) in [5, 5.41) is 4.01. The van der Waals surface area contributed by atoms with E-state index in [0.29, 0.717) is 5.76 Å².